The summed E-state index contributed by atoms with van der Waals surface area (Å²) in [5.74, 6) is -0.490. The Morgan fingerprint density at radius 2 is 1.29 bits per heavy atom. The highest BCUT2D eigenvalue weighted by Gasteiger charge is 2.38. The van der Waals surface area contributed by atoms with Gasteiger partial charge in [-0.05, 0) is 23.1 Å². The maximum Gasteiger partial charge on any atom is 0.204 e. The lowest BCUT2D eigenvalue weighted by molar-refractivity contribution is 0.0666. The van der Waals surface area contributed by atoms with Crippen molar-refractivity contribution in [2.75, 3.05) is 0 Å². The SMILES string of the molecule is CC[C@@](F)(C(=O)c1ccc(-c2ccccc2)cc1)c1ccccc1. The third-order valence-electron chi connectivity index (χ3n) is 4.33. The van der Waals surface area contributed by atoms with E-state index in [1.54, 1.807) is 43.3 Å². The van der Waals surface area contributed by atoms with Crippen LogP contribution in [0.1, 0.15) is 29.3 Å². The Morgan fingerprint density at radius 1 is 0.792 bits per heavy atom. The molecule has 0 unspecified atom stereocenters. The molecular weight excluding hydrogens is 299 g/mol. The van der Waals surface area contributed by atoms with Crippen LogP contribution < -0.4 is 0 Å². The fourth-order valence-corrected chi connectivity index (χ4v) is 2.87. The van der Waals surface area contributed by atoms with E-state index in [1.807, 2.05) is 48.5 Å². The van der Waals surface area contributed by atoms with Gasteiger partial charge >= 0.3 is 0 Å². The van der Waals surface area contributed by atoms with E-state index in [9.17, 15) is 4.79 Å². The summed E-state index contributed by atoms with van der Waals surface area (Å²) < 4.78 is 15.4. The van der Waals surface area contributed by atoms with Crippen molar-refractivity contribution < 1.29 is 9.18 Å². The molecule has 0 bridgehead atoms. The molecular formula is C22H19FO. The van der Waals surface area contributed by atoms with Gasteiger partial charge in [0.25, 0.3) is 0 Å². The summed E-state index contributed by atoms with van der Waals surface area (Å²) in [6.45, 7) is 1.70. The number of Topliss-reactive ketones (excluding diaryl/α,β-unsaturated/α-hetero) is 1. The van der Waals surface area contributed by atoms with Crippen LogP contribution in [-0.2, 0) is 5.67 Å². The zero-order valence-corrected chi connectivity index (χ0v) is 13.6. The van der Waals surface area contributed by atoms with Gasteiger partial charge in [0.1, 0.15) is 0 Å². The van der Waals surface area contributed by atoms with Gasteiger partial charge in [0.2, 0.25) is 5.78 Å². The van der Waals surface area contributed by atoms with Crippen LogP contribution in [0.15, 0.2) is 84.9 Å². The fourth-order valence-electron chi connectivity index (χ4n) is 2.87. The van der Waals surface area contributed by atoms with Crippen molar-refractivity contribution >= 4 is 5.78 Å². The Labute approximate surface area is 141 Å². The molecule has 120 valence electrons. The van der Waals surface area contributed by atoms with Crippen LogP contribution in [0.4, 0.5) is 4.39 Å². The van der Waals surface area contributed by atoms with Gasteiger partial charge in [0.05, 0.1) is 0 Å². The third-order valence-corrected chi connectivity index (χ3v) is 4.33. The van der Waals surface area contributed by atoms with E-state index in [1.165, 1.54) is 0 Å². The highest BCUT2D eigenvalue weighted by atomic mass is 19.1. The van der Waals surface area contributed by atoms with E-state index in [4.69, 9.17) is 0 Å². The van der Waals surface area contributed by atoms with Crippen LogP contribution in [0.2, 0.25) is 0 Å². The lowest BCUT2D eigenvalue weighted by Gasteiger charge is -2.23. The van der Waals surface area contributed by atoms with E-state index in [2.05, 4.69) is 0 Å². The largest absolute Gasteiger partial charge is 0.290 e. The summed E-state index contributed by atoms with van der Waals surface area (Å²) in [4.78, 5) is 12.8. The maximum absolute atomic E-state index is 15.4. The van der Waals surface area contributed by atoms with Gasteiger partial charge in [-0.3, -0.25) is 4.79 Å². The molecule has 1 nitrogen and oxygen atoms in total. The molecule has 0 aliphatic heterocycles. The molecule has 0 fully saturated rings. The first kappa shape index (κ1) is 16.1. The monoisotopic (exact) mass is 318 g/mol. The summed E-state index contributed by atoms with van der Waals surface area (Å²) in [7, 11) is 0. The predicted molar refractivity (Wildman–Crippen MR) is 95.7 cm³/mol. The van der Waals surface area contributed by atoms with E-state index < -0.39 is 11.5 Å². The number of hydrogen-bond acceptors (Lipinski definition) is 1. The molecule has 0 aliphatic carbocycles. The maximum atomic E-state index is 15.4. The van der Waals surface area contributed by atoms with Gasteiger partial charge in [-0.2, -0.15) is 0 Å². The first-order chi connectivity index (χ1) is 11.6. The van der Waals surface area contributed by atoms with E-state index in [-0.39, 0.29) is 6.42 Å². The van der Waals surface area contributed by atoms with Crippen LogP contribution in [-0.4, -0.2) is 5.78 Å². The Balaban J connectivity index is 1.92. The molecule has 0 aliphatic rings. The molecule has 3 rings (SSSR count). The molecule has 3 aromatic rings. The number of carbonyl (C=O) groups excluding carboxylic acids is 1. The van der Waals surface area contributed by atoms with E-state index >= 15 is 4.39 Å². The molecule has 0 radical (unpaired) electrons. The van der Waals surface area contributed by atoms with Crippen molar-refractivity contribution in [1.29, 1.82) is 0 Å². The summed E-state index contributed by atoms with van der Waals surface area (Å²) in [6.07, 6.45) is 0.107. The standard InChI is InChI=1S/C22H19FO/c1-2-22(23,20-11-7-4-8-12-20)21(24)19-15-13-18(14-16-19)17-9-5-3-6-10-17/h3-16H,2H2,1H3/t22-/m0/s1. The van der Waals surface area contributed by atoms with Crippen molar-refractivity contribution in [3.63, 3.8) is 0 Å². The molecule has 0 saturated heterocycles. The molecule has 0 spiro atoms. The number of rotatable bonds is 5. The van der Waals surface area contributed by atoms with Gasteiger partial charge in [0.15, 0.2) is 5.67 Å². The molecule has 0 heterocycles. The predicted octanol–water partition coefficient (Wildman–Crippen LogP) is 5.81. The number of alkyl halides is 1. The van der Waals surface area contributed by atoms with Crippen molar-refractivity contribution in [2.45, 2.75) is 19.0 Å². The number of halogens is 1. The highest BCUT2D eigenvalue weighted by Crippen LogP contribution is 2.34. The second-order valence-electron chi connectivity index (χ2n) is 5.79. The Kier molecular flexibility index (Phi) is 4.57. The van der Waals surface area contributed by atoms with Gasteiger partial charge < -0.3 is 0 Å². The second-order valence-corrected chi connectivity index (χ2v) is 5.79. The zero-order valence-electron chi connectivity index (χ0n) is 13.6. The number of benzene rings is 3. The van der Waals surface area contributed by atoms with Crippen molar-refractivity contribution in [3.8, 4) is 11.1 Å². The van der Waals surface area contributed by atoms with Crippen molar-refractivity contribution in [1.82, 2.24) is 0 Å². The molecule has 1 atom stereocenters. The molecule has 3 aromatic carbocycles. The Bertz CT molecular complexity index is 810. The average molecular weight is 318 g/mol. The summed E-state index contributed by atoms with van der Waals surface area (Å²) in [5, 5.41) is 0. The highest BCUT2D eigenvalue weighted by molar-refractivity contribution is 6.03. The van der Waals surface area contributed by atoms with Crippen LogP contribution >= 0.6 is 0 Å². The molecule has 0 N–H and O–H groups in total. The topological polar surface area (TPSA) is 17.1 Å². The van der Waals surface area contributed by atoms with Crippen LogP contribution in [0.3, 0.4) is 0 Å². The van der Waals surface area contributed by atoms with Crippen LogP contribution in [0.25, 0.3) is 11.1 Å². The number of carbonyl (C=O) groups is 1. The molecule has 0 saturated carbocycles. The molecule has 0 aromatic heterocycles. The van der Waals surface area contributed by atoms with E-state index in [0.717, 1.165) is 11.1 Å². The van der Waals surface area contributed by atoms with Crippen LogP contribution in [0, 0.1) is 0 Å². The third kappa shape index (κ3) is 3.00. The van der Waals surface area contributed by atoms with Gasteiger partial charge in [-0.15, -0.1) is 0 Å². The van der Waals surface area contributed by atoms with Gasteiger partial charge in [0, 0.05) is 5.56 Å². The fraction of sp³-hybridized carbons (Fsp3) is 0.136. The Hall–Kier alpha value is -2.74. The first-order valence-electron chi connectivity index (χ1n) is 8.10. The molecule has 24 heavy (non-hydrogen) atoms. The van der Waals surface area contributed by atoms with Crippen molar-refractivity contribution in [2.24, 2.45) is 0 Å². The van der Waals surface area contributed by atoms with Crippen LogP contribution in [0.5, 0.6) is 0 Å². The second kappa shape index (κ2) is 6.79. The molecule has 0 amide bonds. The normalized spacial score (nSPS) is 13.2. The van der Waals surface area contributed by atoms with Gasteiger partial charge in [-0.1, -0.05) is 91.9 Å². The lowest BCUT2D eigenvalue weighted by atomic mass is 9.85. The van der Waals surface area contributed by atoms with E-state index in [0.29, 0.717) is 11.1 Å². The summed E-state index contributed by atoms with van der Waals surface area (Å²) in [6, 6.07) is 25.7. The zero-order chi connectivity index (χ0) is 17.0. The molecule has 2 heteroatoms. The lowest BCUT2D eigenvalue weighted by Crippen LogP contribution is -2.30. The minimum Gasteiger partial charge on any atom is -0.290 e. The number of hydrogen-bond donors (Lipinski definition) is 0. The smallest absolute Gasteiger partial charge is 0.204 e. The average Bonchev–Trinajstić information content (AvgIpc) is 2.68. The van der Waals surface area contributed by atoms with Gasteiger partial charge in [-0.25, -0.2) is 4.39 Å². The summed E-state index contributed by atoms with van der Waals surface area (Å²) in [5.41, 5.74) is 0.886. The minimum absolute atomic E-state index is 0.107. The first-order valence-corrected chi connectivity index (χ1v) is 8.10. The van der Waals surface area contributed by atoms with Crippen molar-refractivity contribution in [3.05, 3.63) is 96.1 Å². The number of ketones is 1. The quantitative estimate of drug-likeness (QED) is 0.542. The Morgan fingerprint density at radius 3 is 1.83 bits per heavy atom. The minimum atomic E-state index is -1.99. The summed E-state index contributed by atoms with van der Waals surface area (Å²) >= 11 is 0.